The monoisotopic (exact) mass is 342 g/mol. The third kappa shape index (κ3) is 7.82. The van der Waals surface area contributed by atoms with Crippen molar-refractivity contribution in [2.24, 2.45) is 11.8 Å². The van der Waals surface area contributed by atoms with Gasteiger partial charge in [-0.05, 0) is 48.6 Å². The first-order valence-electron chi connectivity index (χ1n) is 9.19. The average molecular weight is 342 g/mol. The summed E-state index contributed by atoms with van der Waals surface area (Å²) in [6.07, 6.45) is 3.34. The number of hydrogen-bond donors (Lipinski definition) is 2. The lowest BCUT2D eigenvalue weighted by molar-refractivity contribution is 0.0562. The van der Waals surface area contributed by atoms with Gasteiger partial charge >= 0.3 is 0 Å². The molecule has 0 aromatic heterocycles. The number of rotatable bonds is 12. The van der Waals surface area contributed by atoms with Crippen molar-refractivity contribution in [1.82, 2.24) is 0 Å². The van der Waals surface area contributed by atoms with Gasteiger partial charge in [-0.25, -0.2) is 0 Å². The van der Waals surface area contributed by atoms with E-state index in [0.717, 1.165) is 25.7 Å². The summed E-state index contributed by atoms with van der Waals surface area (Å²) in [5, 5.41) is 18.6. The highest BCUT2D eigenvalue weighted by molar-refractivity contribution is 5.16. The van der Waals surface area contributed by atoms with Gasteiger partial charge in [0.15, 0.2) is 0 Å². The molecule has 3 nitrogen and oxygen atoms in total. The summed E-state index contributed by atoms with van der Waals surface area (Å²) in [6, 6.07) is 20.7. The number of benzene rings is 2. The Morgan fingerprint density at radius 3 is 1.40 bits per heavy atom. The van der Waals surface area contributed by atoms with Gasteiger partial charge < -0.3 is 14.9 Å². The van der Waals surface area contributed by atoms with Crippen molar-refractivity contribution < 1.29 is 14.9 Å². The van der Waals surface area contributed by atoms with E-state index in [2.05, 4.69) is 24.3 Å². The molecule has 0 bridgehead atoms. The van der Waals surface area contributed by atoms with Crippen LogP contribution in [0.1, 0.15) is 24.0 Å². The Morgan fingerprint density at radius 2 is 1.04 bits per heavy atom. The molecule has 0 radical (unpaired) electrons. The Morgan fingerprint density at radius 1 is 0.640 bits per heavy atom. The van der Waals surface area contributed by atoms with E-state index in [-0.39, 0.29) is 13.2 Å². The molecule has 0 saturated carbocycles. The van der Waals surface area contributed by atoms with E-state index >= 15 is 0 Å². The van der Waals surface area contributed by atoms with Crippen LogP contribution in [0, 0.1) is 11.8 Å². The van der Waals surface area contributed by atoms with E-state index in [1.807, 2.05) is 36.4 Å². The van der Waals surface area contributed by atoms with Crippen molar-refractivity contribution >= 4 is 0 Å². The molecule has 0 aliphatic heterocycles. The van der Waals surface area contributed by atoms with Crippen molar-refractivity contribution in [3.05, 3.63) is 71.8 Å². The third-order valence-electron chi connectivity index (χ3n) is 4.52. The van der Waals surface area contributed by atoms with Crippen LogP contribution in [-0.4, -0.2) is 36.6 Å². The van der Waals surface area contributed by atoms with Crippen LogP contribution >= 0.6 is 0 Å². The van der Waals surface area contributed by atoms with Crippen molar-refractivity contribution in [1.29, 1.82) is 0 Å². The first kappa shape index (κ1) is 19.6. The van der Waals surface area contributed by atoms with E-state index in [9.17, 15) is 10.2 Å². The fourth-order valence-electron chi connectivity index (χ4n) is 3.15. The second kappa shape index (κ2) is 11.8. The van der Waals surface area contributed by atoms with E-state index < -0.39 is 0 Å². The van der Waals surface area contributed by atoms with Crippen LogP contribution in [0.15, 0.2) is 60.7 Å². The van der Waals surface area contributed by atoms with Gasteiger partial charge in [0.05, 0.1) is 0 Å². The zero-order chi connectivity index (χ0) is 17.7. The molecule has 25 heavy (non-hydrogen) atoms. The molecule has 2 N–H and O–H groups in total. The van der Waals surface area contributed by atoms with Gasteiger partial charge in [-0.1, -0.05) is 60.7 Å². The fourth-order valence-corrected chi connectivity index (χ4v) is 3.15. The van der Waals surface area contributed by atoms with Gasteiger partial charge in [-0.15, -0.1) is 0 Å². The fraction of sp³-hybridized carbons (Fsp3) is 0.455. The van der Waals surface area contributed by atoms with E-state index in [1.165, 1.54) is 11.1 Å². The second-order valence-corrected chi connectivity index (χ2v) is 6.67. The zero-order valence-electron chi connectivity index (χ0n) is 14.9. The molecule has 2 rings (SSSR count). The molecule has 136 valence electrons. The lowest BCUT2D eigenvalue weighted by atomic mass is 9.96. The summed E-state index contributed by atoms with van der Waals surface area (Å²) in [6.45, 7) is 1.66. The van der Waals surface area contributed by atoms with Crippen LogP contribution in [0.2, 0.25) is 0 Å². The van der Waals surface area contributed by atoms with E-state index in [4.69, 9.17) is 4.74 Å². The minimum absolute atomic E-state index is 0.185. The van der Waals surface area contributed by atoms with Gasteiger partial charge in [0.25, 0.3) is 0 Å². The summed E-state index contributed by atoms with van der Waals surface area (Å²) >= 11 is 0. The van der Waals surface area contributed by atoms with Crippen LogP contribution < -0.4 is 0 Å². The minimum Gasteiger partial charge on any atom is -0.396 e. The van der Waals surface area contributed by atoms with Crippen LogP contribution in [0.5, 0.6) is 0 Å². The molecule has 2 aromatic carbocycles. The van der Waals surface area contributed by atoms with Gasteiger partial charge in [0, 0.05) is 26.4 Å². The normalized spacial score (nSPS) is 13.5. The SMILES string of the molecule is OCCC(COCC(CCO)Cc1ccccc1)Cc1ccccc1. The Balaban J connectivity index is 1.81. The summed E-state index contributed by atoms with van der Waals surface area (Å²) in [5.41, 5.74) is 2.56. The minimum atomic E-state index is 0.185. The van der Waals surface area contributed by atoms with E-state index in [0.29, 0.717) is 25.0 Å². The predicted octanol–water partition coefficient (Wildman–Crippen LogP) is 3.49. The molecule has 2 unspecified atom stereocenters. The number of ether oxygens (including phenoxy) is 1. The Labute approximate surface area is 151 Å². The molecule has 0 fully saturated rings. The standard InChI is InChI=1S/C22H30O3/c23-13-11-21(15-19-7-3-1-4-8-19)17-25-18-22(12-14-24)16-20-9-5-2-6-10-20/h1-10,21-24H,11-18H2. The maximum Gasteiger partial charge on any atom is 0.0498 e. The lowest BCUT2D eigenvalue weighted by Crippen LogP contribution is -2.20. The van der Waals surface area contributed by atoms with Crippen molar-refractivity contribution in [2.75, 3.05) is 26.4 Å². The van der Waals surface area contributed by atoms with Crippen LogP contribution in [0.25, 0.3) is 0 Å². The quantitative estimate of drug-likeness (QED) is 0.621. The maximum absolute atomic E-state index is 9.31. The molecule has 0 heterocycles. The Kier molecular flexibility index (Phi) is 9.27. The molecule has 3 heteroatoms. The highest BCUT2D eigenvalue weighted by Crippen LogP contribution is 2.16. The molecule has 0 aliphatic carbocycles. The van der Waals surface area contributed by atoms with Gasteiger partial charge in [-0.3, -0.25) is 0 Å². The molecule has 2 aromatic rings. The molecule has 0 spiro atoms. The van der Waals surface area contributed by atoms with Gasteiger partial charge in [0.2, 0.25) is 0 Å². The number of aliphatic hydroxyl groups excluding tert-OH is 2. The summed E-state index contributed by atoms with van der Waals surface area (Å²) < 4.78 is 5.99. The van der Waals surface area contributed by atoms with Crippen LogP contribution in [-0.2, 0) is 17.6 Å². The van der Waals surface area contributed by atoms with Crippen molar-refractivity contribution in [2.45, 2.75) is 25.7 Å². The molecule has 0 amide bonds. The van der Waals surface area contributed by atoms with Gasteiger partial charge in [0.1, 0.15) is 0 Å². The largest absolute Gasteiger partial charge is 0.396 e. The Bertz CT molecular complexity index is 504. The summed E-state index contributed by atoms with van der Waals surface area (Å²) in [4.78, 5) is 0. The predicted molar refractivity (Wildman–Crippen MR) is 101 cm³/mol. The van der Waals surface area contributed by atoms with Crippen LogP contribution in [0.3, 0.4) is 0 Å². The highest BCUT2D eigenvalue weighted by atomic mass is 16.5. The van der Waals surface area contributed by atoms with E-state index in [1.54, 1.807) is 0 Å². The third-order valence-corrected chi connectivity index (χ3v) is 4.52. The smallest absolute Gasteiger partial charge is 0.0498 e. The molecular weight excluding hydrogens is 312 g/mol. The second-order valence-electron chi connectivity index (χ2n) is 6.67. The average Bonchev–Trinajstić information content (AvgIpc) is 2.64. The highest BCUT2D eigenvalue weighted by Gasteiger charge is 2.13. The molecule has 0 saturated heterocycles. The van der Waals surface area contributed by atoms with Crippen molar-refractivity contribution in [3.8, 4) is 0 Å². The molecule has 2 atom stereocenters. The number of hydrogen-bond acceptors (Lipinski definition) is 3. The maximum atomic E-state index is 9.31. The summed E-state index contributed by atoms with van der Waals surface area (Å²) in [7, 11) is 0. The van der Waals surface area contributed by atoms with Gasteiger partial charge in [-0.2, -0.15) is 0 Å². The zero-order valence-corrected chi connectivity index (χ0v) is 14.9. The molecular formula is C22H30O3. The topological polar surface area (TPSA) is 49.7 Å². The van der Waals surface area contributed by atoms with Crippen molar-refractivity contribution in [3.63, 3.8) is 0 Å². The number of aliphatic hydroxyl groups is 2. The molecule has 0 aliphatic rings. The summed E-state index contributed by atoms with van der Waals surface area (Å²) in [5.74, 6) is 0.637. The van der Waals surface area contributed by atoms with Crippen LogP contribution in [0.4, 0.5) is 0 Å². The first-order chi connectivity index (χ1) is 12.3. The first-order valence-corrected chi connectivity index (χ1v) is 9.19. The lowest BCUT2D eigenvalue weighted by Gasteiger charge is -2.20. The Hall–Kier alpha value is -1.68.